The summed E-state index contributed by atoms with van der Waals surface area (Å²) in [4.78, 5) is 24.4. The molecule has 186 valence electrons. The number of anilines is 1. The molecule has 0 saturated heterocycles. The van der Waals surface area contributed by atoms with Gasteiger partial charge in [0.25, 0.3) is 5.91 Å². The van der Waals surface area contributed by atoms with Crippen LogP contribution in [-0.4, -0.2) is 52.2 Å². The van der Waals surface area contributed by atoms with Gasteiger partial charge in [0, 0.05) is 35.2 Å². The minimum Gasteiger partial charge on any atom is -0.455 e. The summed E-state index contributed by atoms with van der Waals surface area (Å²) < 4.78 is 46.0. The van der Waals surface area contributed by atoms with Gasteiger partial charge in [0.1, 0.15) is 23.4 Å². The highest BCUT2D eigenvalue weighted by atomic mass is 32.2. The lowest BCUT2D eigenvalue weighted by Gasteiger charge is -2.24. The molecule has 3 aromatic carbocycles. The highest BCUT2D eigenvalue weighted by Gasteiger charge is 2.27. The number of rotatable bonds is 8. The second-order valence-corrected chi connectivity index (χ2v) is 9.97. The Kier molecular flexibility index (Phi) is 6.91. The van der Waals surface area contributed by atoms with Gasteiger partial charge < -0.3 is 14.8 Å². The van der Waals surface area contributed by atoms with Crippen LogP contribution in [0.25, 0.3) is 33.4 Å². The van der Waals surface area contributed by atoms with Gasteiger partial charge in [-0.3, -0.25) is 13.9 Å². The van der Waals surface area contributed by atoms with E-state index in [1.807, 2.05) is 0 Å². The van der Waals surface area contributed by atoms with E-state index in [4.69, 9.17) is 4.42 Å². The Morgan fingerprint density at radius 1 is 1.11 bits per heavy atom. The molecule has 1 aromatic heterocycles. The lowest BCUT2D eigenvalue weighted by atomic mass is 9.97. The van der Waals surface area contributed by atoms with Crippen LogP contribution in [0.3, 0.4) is 0 Å². The number of hydrogen-bond acceptors (Lipinski definition) is 6. The number of aliphatic hydroxyl groups excluding tert-OH is 1. The van der Waals surface area contributed by atoms with Gasteiger partial charge in [0.15, 0.2) is 0 Å². The number of aldehydes is 1. The van der Waals surface area contributed by atoms with Gasteiger partial charge in [-0.25, -0.2) is 12.8 Å². The Labute approximate surface area is 207 Å². The lowest BCUT2D eigenvalue weighted by Crippen LogP contribution is -2.33. The van der Waals surface area contributed by atoms with Crippen molar-refractivity contribution in [2.75, 3.05) is 30.8 Å². The second kappa shape index (κ2) is 9.92. The number of carbonyl (C=O) groups excluding carboxylic acids is 2. The van der Waals surface area contributed by atoms with E-state index in [1.165, 1.54) is 37.4 Å². The van der Waals surface area contributed by atoms with Crippen molar-refractivity contribution in [1.82, 2.24) is 5.32 Å². The first-order valence-electron chi connectivity index (χ1n) is 10.9. The molecular formula is C26H23FN2O6S. The molecule has 0 aliphatic rings. The number of benzene rings is 3. The first-order chi connectivity index (χ1) is 17.2. The average molecular weight is 511 g/mol. The third-order valence-electron chi connectivity index (χ3n) is 5.67. The third-order valence-corrected chi connectivity index (χ3v) is 6.85. The smallest absolute Gasteiger partial charge is 0.255 e. The highest BCUT2D eigenvalue weighted by Crippen LogP contribution is 2.41. The minimum atomic E-state index is -3.84. The van der Waals surface area contributed by atoms with Crippen LogP contribution in [0.1, 0.15) is 20.7 Å². The number of sulfonamides is 1. The molecule has 0 aliphatic carbocycles. The predicted molar refractivity (Wildman–Crippen MR) is 135 cm³/mol. The second-order valence-electron chi connectivity index (χ2n) is 8.06. The predicted octanol–water partition coefficient (Wildman–Crippen LogP) is 3.84. The van der Waals surface area contributed by atoms with Gasteiger partial charge >= 0.3 is 0 Å². The Hall–Kier alpha value is -4.02. The van der Waals surface area contributed by atoms with Crippen LogP contribution in [0.5, 0.6) is 0 Å². The fourth-order valence-electron chi connectivity index (χ4n) is 4.06. The van der Waals surface area contributed by atoms with Crippen molar-refractivity contribution in [3.05, 3.63) is 77.6 Å². The van der Waals surface area contributed by atoms with Crippen molar-refractivity contribution in [3.8, 4) is 22.5 Å². The van der Waals surface area contributed by atoms with Crippen molar-refractivity contribution in [2.45, 2.75) is 0 Å². The van der Waals surface area contributed by atoms with Crippen LogP contribution in [-0.2, 0) is 10.0 Å². The molecule has 4 rings (SSSR count). The molecule has 0 unspecified atom stereocenters. The van der Waals surface area contributed by atoms with Crippen molar-refractivity contribution in [1.29, 1.82) is 0 Å². The summed E-state index contributed by atoms with van der Waals surface area (Å²) in [6.07, 6.45) is 1.69. The van der Waals surface area contributed by atoms with E-state index in [-0.39, 0.29) is 29.1 Å². The number of halogens is 1. The summed E-state index contributed by atoms with van der Waals surface area (Å²) in [6, 6.07) is 15.1. The summed E-state index contributed by atoms with van der Waals surface area (Å²) in [5.41, 5.74) is 2.35. The fourth-order valence-corrected chi connectivity index (χ4v) is 4.98. The van der Waals surface area contributed by atoms with Gasteiger partial charge in [0.05, 0.1) is 30.7 Å². The van der Waals surface area contributed by atoms with Crippen LogP contribution >= 0.6 is 0 Å². The minimum absolute atomic E-state index is 0.183. The number of nitrogens with one attached hydrogen (secondary N) is 1. The van der Waals surface area contributed by atoms with E-state index in [1.54, 1.807) is 30.3 Å². The van der Waals surface area contributed by atoms with Gasteiger partial charge in [-0.15, -0.1) is 0 Å². The zero-order valence-corrected chi connectivity index (χ0v) is 20.3. The molecule has 36 heavy (non-hydrogen) atoms. The van der Waals surface area contributed by atoms with Crippen LogP contribution in [0, 0.1) is 5.82 Å². The first kappa shape index (κ1) is 25.1. The van der Waals surface area contributed by atoms with E-state index in [9.17, 15) is 27.5 Å². The van der Waals surface area contributed by atoms with E-state index < -0.39 is 28.4 Å². The van der Waals surface area contributed by atoms with Crippen LogP contribution in [0.4, 0.5) is 10.1 Å². The largest absolute Gasteiger partial charge is 0.455 e. The molecule has 0 spiro atoms. The Morgan fingerprint density at radius 3 is 2.44 bits per heavy atom. The van der Waals surface area contributed by atoms with E-state index in [2.05, 4.69) is 5.32 Å². The van der Waals surface area contributed by atoms with Gasteiger partial charge in [-0.05, 0) is 42.0 Å². The van der Waals surface area contributed by atoms with E-state index in [0.717, 1.165) is 10.6 Å². The molecule has 8 nitrogen and oxygen atoms in total. The van der Waals surface area contributed by atoms with Crippen molar-refractivity contribution in [2.24, 2.45) is 0 Å². The molecule has 0 bridgehead atoms. The molecule has 0 radical (unpaired) electrons. The summed E-state index contributed by atoms with van der Waals surface area (Å²) in [7, 11) is -2.37. The average Bonchev–Trinajstić information content (AvgIpc) is 3.24. The van der Waals surface area contributed by atoms with Crippen LogP contribution in [0.15, 0.2) is 65.1 Å². The maximum Gasteiger partial charge on any atom is 0.255 e. The molecule has 0 atom stereocenters. The first-order valence-corrected chi connectivity index (χ1v) is 12.8. The molecule has 10 heteroatoms. The lowest BCUT2D eigenvalue weighted by molar-refractivity contribution is 0.0964. The quantitative estimate of drug-likeness (QED) is 0.348. The molecule has 4 aromatic rings. The van der Waals surface area contributed by atoms with Gasteiger partial charge in [0.2, 0.25) is 10.0 Å². The number of hydrogen-bond donors (Lipinski definition) is 2. The van der Waals surface area contributed by atoms with Gasteiger partial charge in [-0.2, -0.15) is 0 Å². The topological polar surface area (TPSA) is 117 Å². The summed E-state index contributed by atoms with van der Waals surface area (Å²) >= 11 is 0. The SMILES string of the molecule is CNC(=O)c1c(-c2ccc(F)cc2)oc2cc(N(CCO)S(C)(=O)=O)c(-c3cccc(C=O)c3)cc12. The number of amides is 1. The number of fused-ring (bicyclic) bond motifs is 1. The van der Waals surface area contributed by atoms with E-state index in [0.29, 0.717) is 33.9 Å². The van der Waals surface area contributed by atoms with Crippen molar-refractivity contribution in [3.63, 3.8) is 0 Å². The monoisotopic (exact) mass is 510 g/mol. The van der Waals surface area contributed by atoms with E-state index >= 15 is 0 Å². The number of carbonyl (C=O) groups is 2. The van der Waals surface area contributed by atoms with Crippen LogP contribution < -0.4 is 9.62 Å². The normalized spacial score (nSPS) is 11.4. The standard InChI is InChI=1S/C26H23FN2O6S/c1-28-26(32)24-21-13-20(18-5-3-4-16(12-18)15-31)22(29(10-11-30)36(2,33)34)14-23(21)35-25(24)17-6-8-19(27)9-7-17/h3-9,12-15,30H,10-11H2,1-2H3,(H,28,32). The molecular weight excluding hydrogens is 487 g/mol. The van der Waals surface area contributed by atoms with Crippen molar-refractivity contribution < 1.29 is 31.9 Å². The van der Waals surface area contributed by atoms with Crippen LogP contribution in [0.2, 0.25) is 0 Å². The zero-order chi connectivity index (χ0) is 26.0. The van der Waals surface area contributed by atoms with Gasteiger partial charge in [-0.1, -0.05) is 18.2 Å². The summed E-state index contributed by atoms with van der Waals surface area (Å²) in [6.45, 7) is -0.667. The Morgan fingerprint density at radius 2 is 1.83 bits per heavy atom. The molecule has 1 heterocycles. The molecule has 0 fully saturated rings. The maximum atomic E-state index is 13.5. The van der Waals surface area contributed by atoms with Crippen molar-refractivity contribution >= 4 is 38.9 Å². The highest BCUT2D eigenvalue weighted by molar-refractivity contribution is 7.92. The summed E-state index contributed by atoms with van der Waals surface area (Å²) in [5.74, 6) is -0.727. The zero-order valence-electron chi connectivity index (χ0n) is 19.5. The molecule has 1 amide bonds. The third kappa shape index (κ3) is 4.73. The summed E-state index contributed by atoms with van der Waals surface area (Å²) in [5, 5.41) is 12.6. The molecule has 0 saturated carbocycles. The molecule has 0 aliphatic heterocycles. The number of nitrogens with zero attached hydrogens (tertiary/aromatic N) is 1. The number of furan rings is 1. The maximum absolute atomic E-state index is 13.5. The molecule has 2 N–H and O–H groups in total. The Bertz CT molecular complexity index is 1560. The fraction of sp³-hybridized carbons (Fsp3) is 0.154. The number of aliphatic hydroxyl groups is 1. The Balaban J connectivity index is 2.10.